The molecule has 1 aliphatic rings. The first-order chi connectivity index (χ1) is 10.3. The van der Waals surface area contributed by atoms with Crippen molar-refractivity contribution in [2.24, 2.45) is 0 Å². The van der Waals surface area contributed by atoms with Gasteiger partial charge in [0.1, 0.15) is 0 Å². The van der Waals surface area contributed by atoms with Crippen LogP contribution in [-0.4, -0.2) is 19.1 Å². The molecule has 1 saturated carbocycles. The molecule has 0 aliphatic heterocycles. The first kappa shape index (κ1) is 13.8. The van der Waals surface area contributed by atoms with Crippen LogP contribution in [0.1, 0.15) is 28.8 Å². The van der Waals surface area contributed by atoms with Crippen LogP contribution in [-0.2, 0) is 11.3 Å². The summed E-state index contributed by atoms with van der Waals surface area (Å²) in [5.41, 5.74) is 4.00. The number of esters is 1. The Morgan fingerprint density at radius 1 is 1.14 bits per heavy atom. The highest BCUT2D eigenvalue weighted by Gasteiger charge is 2.19. The molecule has 0 atom stereocenters. The minimum Gasteiger partial charge on any atom is -0.465 e. The molecule has 0 heterocycles. The third-order valence-electron chi connectivity index (χ3n) is 3.72. The maximum absolute atomic E-state index is 11.6. The van der Waals surface area contributed by atoms with Gasteiger partial charge in [0.25, 0.3) is 0 Å². The van der Waals surface area contributed by atoms with E-state index in [-0.39, 0.29) is 5.97 Å². The van der Waals surface area contributed by atoms with Crippen molar-refractivity contribution in [3.05, 3.63) is 59.7 Å². The second-order valence-corrected chi connectivity index (χ2v) is 5.43. The van der Waals surface area contributed by atoms with Gasteiger partial charge in [-0.15, -0.1) is 0 Å². The summed E-state index contributed by atoms with van der Waals surface area (Å²) in [5, 5.41) is 3.52. The van der Waals surface area contributed by atoms with Crippen LogP contribution in [0.25, 0.3) is 11.1 Å². The number of hydrogen-bond donors (Lipinski definition) is 1. The molecule has 1 aliphatic carbocycles. The molecule has 21 heavy (non-hydrogen) atoms. The van der Waals surface area contributed by atoms with E-state index in [1.807, 2.05) is 18.2 Å². The van der Waals surface area contributed by atoms with E-state index in [2.05, 4.69) is 29.6 Å². The predicted molar refractivity (Wildman–Crippen MR) is 83.1 cm³/mol. The number of benzene rings is 2. The van der Waals surface area contributed by atoms with Crippen molar-refractivity contribution in [3.8, 4) is 11.1 Å². The zero-order valence-corrected chi connectivity index (χ0v) is 12.1. The molecule has 3 nitrogen and oxygen atoms in total. The lowest BCUT2D eigenvalue weighted by molar-refractivity contribution is 0.0601. The van der Waals surface area contributed by atoms with Gasteiger partial charge in [0, 0.05) is 12.6 Å². The van der Waals surface area contributed by atoms with Gasteiger partial charge in [0.15, 0.2) is 0 Å². The quantitative estimate of drug-likeness (QED) is 0.854. The van der Waals surface area contributed by atoms with E-state index in [0.717, 1.165) is 17.7 Å². The molecule has 0 aromatic heterocycles. The SMILES string of the molecule is COC(=O)c1cccc(-c2cccc(CNC3CC3)c2)c1. The molecule has 1 fully saturated rings. The van der Waals surface area contributed by atoms with Crippen LogP contribution in [0, 0.1) is 0 Å². The number of hydrogen-bond acceptors (Lipinski definition) is 3. The van der Waals surface area contributed by atoms with Gasteiger partial charge < -0.3 is 10.1 Å². The largest absolute Gasteiger partial charge is 0.465 e. The number of rotatable bonds is 5. The smallest absolute Gasteiger partial charge is 0.337 e. The van der Waals surface area contributed by atoms with E-state index >= 15 is 0 Å². The molecule has 0 amide bonds. The minimum atomic E-state index is -0.302. The normalized spacial score (nSPS) is 14.0. The van der Waals surface area contributed by atoms with E-state index in [0.29, 0.717) is 11.6 Å². The summed E-state index contributed by atoms with van der Waals surface area (Å²) in [7, 11) is 1.40. The standard InChI is InChI=1S/C18H19NO2/c1-21-18(20)16-7-3-6-15(11-16)14-5-2-4-13(10-14)12-19-17-8-9-17/h2-7,10-11,17,19H,8-9,12H2,1H3. The lowest BCUT2D eigenvalue weighted by Gasteiger charge is -2.08. The Bertz CT molecular complexity index is 647. The Morgan fingerprint density at radius 2 is 1.86 bits per heavy atom. The molecule has 0 unspecified atom stereocenters. The average molecular weight is 281 g/mol. The summed E-state index contributed by atoms with van der Waals surface area (Å²) in [6.45, 7) is 0.898. The van der Waals surface area contributed by atoms with Crippen LogP contribution in [0.5, 0.6) is 0 Å². The summed E-state index contributed by atoms with van der Waals surface area (Å²) in [6.07, 6.45) is 2.59. The van der Waals surface area contributed by atoms with Crippen molar-refractivity contribution in [1.29, 1.82) is 0 Å². The Balaban J connectivity index is 1.81. The van der Waals surface area contributed by atoms with Crippen molar-refractivity contribution >= 4 is 5.97 Å². The van der Waals surface area contributed by atoms with Crippen molar-refractivity contribution in [1.82, 2.24) is 5.32 Å². The number of nitrogens with one attached hydrogen (secondary N) is 1. The second-order valence-electron chi connectivity index (χ2n) is 5.43. The molecule has 3 heteroatoms. The highest BCUT2D eigenvalue weighted by atomic mass is 16.5. The summed E-state index contributed by atoms with van der Waals surface area (Å²) in [5.74, 6) is -0.302. The Kier molecular flexibility index (Phi) is 4.02. The number of methoxy groups -OCH3 is 1. The minimum absolute atomic E-state index is 0.302. The van der Waals surface area contributed by atoms with Crippen molar-refractivity contribution in [2.75, 3.05) is 7.11 Å². The molecule has 2 aromatic rings. The topological polar surface area (TPSA) is 38.3 Å². The fraction of sp³-hybridized carbons (Fsp3) is 0.278. The molecule has 3 rings (SSSR count). The number of carbonyl (C=O) groups excluding carboxylic acids is 1. The van der Waals surface area contributed by atoms with E-state index in [1.165, 1.54) is 25.5 Å². The van der Waals surface area contributed by atoms with Crippen molar-refractivity contribution in [2.45, 2.75) is 25.4 Å². The first-order valence-electron chi connectivity index (χ1n) is 7.27. The van der Waals surface area contributed by atoms with Crippen molar-refractivity contribution in [3.63, 3.8) is 0 Å². The maximum Gasteiger partial charge on any atom is 0.337 e. The molecule has 108 valence electrons. The van der Waals surface area contributed by atoms with E-state index in [4.69, 9.17) is 4.74 Å². The van der Waals surface area contributed by atoms with Crippen LogP contribution in [0.15, 0.2) is 48.5 Å². The zero-order valence-electron chi connectivity index (χ0n) is 12.1. The predicted octanol–water partition coefficient (Wildman–Crippen LogP) is 3.39. The molecular formula is C18H19NO2. The van der Waals surface area contributed by atoms with Crippen LogP contribution >= 0.6 is 0 Å². The summed E-state index contributed by atoms with van der Waals surface area (Å²) in [4.78, 5) is 11.6. The molecule has 2 aromatic carbocycles. The van der Waals surface area contributed by atoms with E-state index in [1.54, 1.807) is 6.07 Å². The van der Waals surface area contributed by atoms with Crippen LogP contribution < -0.4 is 5.32 Å². The van der Waals surface area contributed by atoms with Crippen LogP contribution in [0.2, 0.25) is 0 Å². The lowest BCUT2D eigenvalue weighted by Crippen LogP contribution is -2.15. The van der Waals surface area contributed by atoms with Gasteiger partial charge in [-0.2, -0.15) is 0 Å². The Morgan fingerprint density at radius 3 is 2.57 bits per heavy atom. The third kappa shape index (κ3) is 3.50. The van der Waals surface area contributed by atoms with Gasteiger partial charge in [-0.1, -0.05) is 30.3 Å². The maximum atomic E-state index is 11.6. The van der Waals surface area contributed by atoms with Gasteiger partial charge in [-0.05, 0) is 47.7 Å². The monoisotopic (exact) mass is 281 g/mol. The van der Waals surface area contributed by atoms with Crippen LogP contribution in [0.3, 0.4) is 0 Å². The molecule has 0 radical (unpaired) electrons. The average Bonchev–Trinajstić information content (AvgIpc) is 3.37. The molecule has 1 N–H and O–H groups in total. The molecule has 0 bridgehead atoms. The van der Waals surface area contributed by atoms with E-state index in [9.17, 15) is 4.79 Å². The number of carbonyl (C=O) groups is 1. The van der Waals surface area contributed by atoms with Crippen molar-refractivity contribution < 1.29 is 9.53 Å². The van der Waals surface area contributed by atoms with Gasteiger partial charge in [-0.3, -0.25) is 0 Å². The molecule has 0 saturated heterocycles. The molecule has 0 spiro atoms. The molecular weight excluding hydrogens is 262 g/mol. The van der Waals surface area contributed by atoms with Gasteiger partial charge in [0.2, 0.25) is 0 Å². The first-order valence-corrected chi connectivity index (χ1v) is 7.27. The van der Waals surface area contributed by atoms with Gasteiger partial charge in [-0.25, -0.2) is 4.79 Å². The fourth-order valence-electron chi connectivity index (χ4n) is 2.35. The second kappa shape index (κ2) is 6.10. The van der Waals surface area contributed by atoms with Gasteiger partial charge in [0.05, 0.1) is 12.7 Å². The Labute approximate surface area is 124 Å². The highest BCUT2D eigenvalue weighted by molar-refractivity contribution is 5.90. The van der Waals surface area contributed by atoms with Crippen LogP contribution in [0.4, 0.5) is 0 Å². The fourth-order valence-corrected chi connectivity index (χ4v) is 2.35. The third-order valence-corrected chi connectivity index (χ3v) is 3.72. The zero-order chi connectivity index (χ0) is 14.7. The summed E-state index contributed by atoms with van der Waals surface area (Å²) >= 11 is 0. The highest BCUT2D eigenvalue weighted by Crippen LogP contribution is 2.23. The van der Waals surface area contributed by atoms with Gasteiger partial charge >= 0.3 is 5.97 Å². The van der Waals surface area contributed by atoms with E-state index < -0.39 is 0 Å². The lowest BCUT2D eigenvalue weighted by atomic mass is 10.0. The number of ether oxygens (including phenoxy) is 1. The Hall–Kier alpha value is -2.13. The summed E-state index contributed by atoms with van der Waals surface area (Å²) in [6, 6.07) is 16.7. The summed E-state index contributed by atoms with van der Waals surface area (Å²) < 4.78 is 4.77.